The van der Waals surface area contributed by atoms with Gasteiger partial charge in [-0.3, -0.25) is 4.90 Å². The number of likely N-dealkylation sites (N-methyl/N-ethyl adjacent to an activating group) is 2. The zero-order valence-electron chi connectivity index (χ0n) is 12.7. The van der Waals surface area contributed by atoms with Crippen molar-refractivity contribution in [2.75, 3.05) is 20.1 Å². The van der Waals surface area contributed by atoms with E-state index in [1.165, 1.54) is 64.5 Å². The second kappa shape index (κ2) is 6.38. The largest absolute Gasteiger partial charge is 0.315 e. The Morgan fingerprint density at radius 1 is 1.11 bits per heavy atom. The van der Waals surface area contributed by atoms with Gasteiger partial charge >= 0.3 is 0 Å². The quantitative estimate of drug-likeness (QED) is 0.747. The number of rotatable bonds is 7. The molecule has 1 N–H and O–H groups in total. The zero-order valence-corrected chi connectivity index (χ0v) is 12.7. The minimum atomic E-state index is 0.466. The SMILES string of the molecule is CCN(CC)C1(C(CC2CCC2)NC)CCCC1. The lowest BCUT2D eigenvalue weighted by Gasteiger charge is -2.48. The third kappa shape index (κ3) is 2.60. The minimum Gasteiger partial charge on any atom is -0.315 e. The van der Waals surface area contributed by atoms with Gasteiger partial charge in [-0.25, -0.2) is 0 Å². The number of hydrogen-bond donors (Lipinski definition) is 1. The molecule has 1 unspecified atom stereocenters. The first kappa shape index (κ1) is 14.3. The molecule has 0 aromatic rings. The van der Waals surface area contributed by atoms with Crippen LogP contribution >= 0.6 is 0 Å². The molecule has 0 saturated heterocycles. The first-order valence-electron chi connectivity index (χ1n) is 8.19. The molecule has 0 aliphatic heterocycles. The van der Waals surface area contributed by atoms with Gasteiger partial charge in [0.25, 0.3) is 0 Å². The monoisotopic (exact) mass is 252 g/mol. The molecule has 2 rings (SSSR count). The van der Waals surface area contributed by atoms with Gasteiger partial charge in [0.05, 0.1) is 0 Å². The van der Waals surface area contributed by atoms with Crippen LogP contribution in [0.15, 0.2) is 0 Å². The summed E-state index contributed by atoms with van der Waals surface area (Å²) >= 11 is 0. The second-order valence-electron chi connectivity index (χ2n) is 6.36. The van der Waals surface area contributed by atoms with Crippen LogP contribution < -0.4 is 5.32 Å². The molecule has 2 fully saturated rings. The van der Waals surface area contributed by atoms with Crippen LogP contribution in [-0.2, 0) is 0 Å². The van der Waals surface area contributed by atoms with Crippen LogP contribution in [0.25, 0.3) is 0 Å². The maximum Gasteiger partial charge on any atom is 0.0362 e. The average molecular weight is 252 g/mol. The summed E-state index contributed by atoms with van der Waals surface area (Å²) in [4.78, 5) is 2.75. The molecule has 0 bridgehead atoms. The van der Waals surface area contributed by atoms with Crippen molar-refractivity contribution in [1.29, 1.82) is 0 Å². The van der Waals surface area contributed by atoms with E-state index in [1.807, 2.05) is 0 Å². The van der Waals surface area contributed by atoms with Gasteiger partial charge in [-0.05, 0) is 45.3 Å². The molecule has 0 amide bonds. The summed E-state index contributed by atoms with van der Waals surface area (Å²) in [6.07, 6.45) is 11.5. The van der Waals surface area contributed by atoms with Crippen LogP contribution in [0.3, 0.4) is 0 Å². The first-order chi connectivity index (χ1) is 8.76. The van der Waals surface area contributed by atoms with Crippen molar-refractivity contribution in [3.63, 3.8) is 0 Å². The first-order valence-corrected chi connectivity index (χ1v) is 8.19. The van der Waals surface area contributed by atoms with E-state index in [0.717, 1.165) is 5.92 Å². The van der Waals surface area contributed by atoms with Crippen LogP contribution in [0.4, 0.5) is 0 Å². The zero-order chi connectivity index (χ0) is 13.0. The van der Waals surface area contributed by atoms with Gasteiger partial charge in [0.1, 0.15) is 0 Å². The molecule has 0 heterocycles. The average Bonchev–Trinajstić information content (AvgIpc) is 2.80. The Hall–Kier alpha value is -0.0800. The van der Waals surface area contributed by atoms with E-state index in [4.69, 9.17) is 0 Å². The highest BCUT2D eigenvalue weighted by Crippen LogP contribution is 2.42. The van der Waals surface area contributed by atoms with Crippen molar-refractivity contribution in [2.24, 2.45) is 5.92 Å². The van der Waals surface area contributed by atoms with E-state index in [2.05, 4.69) is 31.1 Å². The van der Waals surface area contributed by atoms with Gasteiger partial charge < -0.3 is 5.32 Å². The summed E-state index contributed by atoms with van der Waals surface area (Å²) in [5, 5.41) is 3.69. The maximum absolute atomic E-state index is 3.69. The van der Waals surface area contributed by atoms with Crippen molar-refractivity contribution in [3.05, 3.63) is 0 Å². The molecule has 0 aromatic carbocycles. The molecule has 2 nitrogen and oxygen atoms in total. The Morgan fingerprint density at radius 2 is 1.72 bits per heavy atom. The van der Waals surface area contributed by atoms with E-state index in [1.54, 1.807) is 0 Å². The van der Waals surface area contributed by atoms with Crippen LogP contribution in [0.5, 0.6) is 0 Å². The Morgan fingerprint density at radius 3 is 2.11 bits per heavy atom. The lowest BCUT2D eigenvalue weighted by molar-refractivity contribution is 0.0496. The Bertz CT molecular complexity index is 237. The molecule has 106 valence electrons. The molecule has 18 heavy (non-hydrogen) atoms. The van der Waals surface area contributed by atoms with Gasteiger partial charge in [-0.1, -0.05) is 46.0 Å². The van der Waals surface area contributed by atoms with Crippen molar-refractivity contribution in [1.82, 2.24) is 10.2 Å². The molecule has 0 spiro atoms. The Kier molecular flexibility index (Phi) is 5.08. The van der Waals surface area contributed by atoms with E-state index < -0.39 is 0 Å². The summed E-state index contributed by atoms with van der Waals surface area (Å²) in [5.41, 5.74) is 0.466. The van der Waals surface area contributed by atoms with Crippen LogP contribution in [-0.4, -0.2) is 36.6 Å². The highest BCUT2D eigenvalue weighted by molar-refractivity contribution is 5.03. The lowest BCUT2D eigenvalue weighted by atomic mass is 9.74. The summed E-state index contributed by atoms with van der Waals surface area (Å²) < 4.78 is 0. The van der Waals surface area contributed by atoms with Gasteiger partial charge in [0.15, 0.2) is 0 Å². The second-order valence-corrected chi connectivity index (χ2v) is 6.36. The van der Waals surface area contributed by atoms with Gasteiger partial charge in [0.2, 0.25) is 0 Å². The van der Waals surface area contributed by atoms with Crippen molar-refractivity contribution < 1.29 is 0 Å². The fourth-order valence-corrected chi connectivity index (χ4v) is 4.39. The van der Waals surface area contributed by atoms with E-state index in [-0.39, 0.29) is 0 Å². The summed E-state index contributed by atoms with van der Waals surface area (Å²) in [5.74, 6) is 1.01. The molecular formula is C16H32N2. The summed E-state index contributed by atoms with van der Waals surface area (Å²) in [7, 11) is 2.19. The molecule has 0 aromatic heterocycles. The highest BCUT2D eigenvalue weighted by Gasteiger charge is 2.45. The van der Waals surface area contributed by atoms with E-state index >= 15 is 0 Å². The lowest BCUT2D eigenvalue weighted by Crippen LogP contribution is -2.59. The number of nitrogens with one attached hydrogen (secondary N) is 1. The van der Waals surface area contributed by atoms with Crippen molar-refractivity contribution >= 4 is 0 Å². The number of nitrogens with zero attached hydrogens (tertiary/aromatic N) is 1. The Labute approximate surface area is 114 Å². The predicted molar refractivity (Wildman–Crippen MR) is 78.9 cm³/mol. The molecule has 2 heteroatoms. The fraction of sp³-hybridized carbons (Fsp3) is 1.00. The van der Waals surface area contributed by atoms with Crippen molar-refractivity contribution in [2.45, 2.75) is 76.8 Å². The van der Waals surface area contributed by atoms with Crippen LogP contribution in [0, 0.1) is 5.92 Å². The normalized spacial score (nSPS) is 25.3. The minimum absolute atomic E-state index is 0.466. The molecule has 2 saturated carbocycles. The molecule has 0 radical (unpaired) electrons. The third-order valence-electron chi connectivity index (χ3n) is 5.65. The standard InChI is InChI=1S/C16H32N2/c1-4-18(5-2)16(11-6-7-12-16)15(17-3)13-14-9-8-10-14/h14-15,17H,4-13H2,1-3H3. The maximum atomic E-state index is 3.69. The molecule has 2 aliphatic carbocycles. The summed E-state index contributed by atoms with van der Waals surface area (Å²) in [6, 6.07) is 0.713. The summed E-state index contributed by atoms with van der Waals surface area (Å²) in [6.45, 7) is 7.08. The van der Waals surface area contributed by atoms with Gasteiger partial charge in [-0.15, -0.1) is 0 Å². The van der Waals surface area contributed by atoms with Crippen LogP contribution in [0.2, 0.25) is 0 Å². The third-order valence-corrected chi connectivity index (χ3v) is 5.65. The topological polar surface area (TPSA) is 15.3 Å². The number of hydrogen-bond acceptors (Lipinski definition) is 2. The highest BCUT2D eigenvalue weighted by atomic mass is 15.2. The fourth-order valence-electron chi connectivity index (χ4n) is 4.39. The molecule has 2 aliphatic rings. The molecular weight excluding hydrogens is 220 g/mol. The van der Waals surface area contributed by atoms with E-state index in [0.29, 0.717) is 11.6 Å². The van der Waals surface area contributed by atoms with Crippen molar-refractivity contribution in [3.8, 4) is 0 Å². The smallest absolute Gasteiger partial charge is 0.0362 e. The van der Waals surface area contributed by atoms with Crippen LogP contribution in [0.1, 0.15) is 65.2 Å². The van der Waals surface area contributed by atoms with Gasteiger partial charge in [0, 0.05) is 11.6 Å². The Balaban J connectivity index is 2.09. The molecule has 1 atom stereocenters. The van der Waals surface area contributed by atoms with Gasteiger partial charge in [-0.2, -0.15) is 0 Å². The van der Waals surface area contributed by atoms with E-state index in [9.17, 15) is 0 Å². The predicted octanol–water partition coefficient (Wildman–Crippen LogP) is 3.42.